The summed E-state index contributed by atoms with van der Waals surface area (Å²) in [4.78, 5) is 10.3. The summed E-state index contributed by atoms with van der Waals surface area (Å²) in [5.41, 5.74) is 0. The lowest BCUT2D eigenvalue weighted by Crippen LogP contribution is -2.62. The summed E-state index contributed by atoms with van der Waals surface area (Å²) in [6.07, 6.45) is -6.44. The third-order valence-corrected chi connectivity index (χ3v) is 2.58. The van der Waals surface area contributed by atoms with Gasteiger partial charge in [0.1, 0.15) is 30.6 Å². The molecule has 0 spiro atoms. The monoisotopic (exact) mass is 251 g/mol. The first-order chi connectivity index (χ1) is 7.97. The minimum Gasteiger partial charge on any atom is -0.481 e. The molecule has 0 amide bonds. The molecule has 1 rings (SSSR count). The largest absolute Gasteiger partial charge is 0.481 e. The lowest BCUT2D eigenvalue weighted by molar-refractivity contribution is -0.236. The maximum atomic E-state index is 10.3. The molecule has 0 aromatic carbocycles. The van der Waals surface area contributed by atoms with Gasteiger partial charge >= 0.3 is 5.97 Å². The molecule has 5 unspecified atom stereocenters. The van der Waals surface area contributed by atoms with E-state index in [1.54, 1.807) is 0 Å². The van der Waals surface area contributed by atoms with Gasteiger partial charge in [0.2, 0.25) is 0 Å². The molecule has 1 aliphatic rings. The zero-order valence-electron chi connectivity index (χ0n) is 9.06. The van der Waals surface area contributed by atoms with Crippen LogP contribution in [0.2, 0.25) is 0 Å². The first-order valence-electron chi connectivity index (χ1n) is 5.23. The molecule has 0 aromatic rings. The number of hydrogen-bond acceptors (Lipinski definition) is 7. The number of carboxylic acids is 1. The van der Waals surface area contributed by atoms with Crippen LogP contribution in [0.25, 0.3) is 0 Å². The Morgan fingerprint density at radius 3 is 2.35 bits per heavy atom. The highest BCUT2D eigenvalue weighted by Gasteiger charge is 2.43. The smallest absolute Gasteiger partial charge is 0.304 e. The van der Waals surface area contributed by atoms with Gasteiger partial charge in [-0.05, 0) is 0 Å². The van der Waals surface area contributed by atoms with E-state index in [2.05, 4.69) is 5.32 Å². The van der Waals surface area contributed by atoms with E-state index in [0.717, 1.165) is 0 Å². The molecule has 5 atom stereocenters. The Morgan fingerprint density at radius 2 is 1.82 bits per heavy atom. The van der Waals surface area contributed by atoms with E-state index in [1.807, 2.05) is 0 Å². The predicted molar refractivity (Wildman–Crippen MR) is 54.0 cm³/mol. The highest BCUT2D eigenvalue weighted by molar-refractivity contribution is 5.66. The van der Waals surface area contributed by atoms with Gasteiger partial charge in [-0.1, -0.05) is 0 Å². The maximum absolute atomic E-state index is 10.3. The topological polar surface area (TPSA) is 139 Å². The summed E-state index contributed by atoms with van der Waals surface area (Å²) in [5.74, 6) is -1.01. The van der Waals surface area contributed by atoms with Crippen molar-refractivity contribution < 1.29 is 35.1 Å². The molecular formula is C9H17NO7. The van der Waals surface area contributed by atoms with Crippen molar-refractivity contribution in [1.29, 1.82) is 0 Å². The number of nitrogens with one attached hydrogen (secondary N) is 1. The molecule has 0 aliphatic carbocycles. The van der Waals surface area contributed by atoms with Crippen LogP contribution in [0.15, 0.2) is 0 Å². The average Bonchev–Trinajstić information content (AvgIpc) is 2.29. The second-order valence-electron chi connectivity index (χ2n) is 3.85. The molecule has 1 aliphatic heterocycles. The fourth-order valence-corrected chi connectivity index (χ4v) is 1.59. The molecule has 0 aromatic heterocycles. The van der Waals surface area contributed by atoms with Crippen LogP contribution in [0.1, 0.15) is 6.42 Å². The van der Waals surface area contributed by atoms with E-state index in [-0.39, 0.29) is 13.0 Å². The van der Waals surface area contributed by atoms with E-state index >= 15 is 0 Å². The molecule has 8 nitrogen and oxygen atoms in total. The fourth-order valence-electron chi connectivity index (χ4n) is 1.59. The minimum absolute atomic E-state index is 0.0397. The Kier molecular flexibility index (Phi) is 5.25. The maximum Gasteiger partial charge on any atom is 0.304 e. The number of ether oxygens (including phenoxy) is 1. The molecule has 0 bridgehead atoms. The number of aliphatic carboxylic acids is 1. The van der Waals surface area contributed by atoms with Gasteiger partial charge in [-0.15, -0.1) is 0 Å². The Balaban J connectivity index is 2.50. The number of aliphatic hydroxyl groups is 4. The zero-order valence-corrected chi connectivity index (χ0v) is 9.06. The van der Waals surface area contributed by atoms with Gasteiger partial charge in [0, 0.05) is 6.54 Å². The molecular weight excluding hydrogens is 234 g/mol. The Bertz CT molecular complexity index is 260. The third kappa shape index (κ3) is 3.60. The molecule has 1 heterocycles. The summed E-state index contributed by atoms with van der Waals surface area (Å²) in [7, 11) is 0. The second kappa shape index (κ2) is 6.24. The summed E-state index contributed by atoms with van der Waals surface area (Å²) >= 11 is 0. The molecule has 1 saturated heterocycles. The van der Waals surface area contributed by atoms with Crippen molar-refractivity contribution in [1.82, 2.24) is 5.32 Å². The summed E-state index contributed by atoms with van der Waals surface area (Å²) < 4.78 is 5.10. The van der Waals surface area contributed by atoms with Gasteiger partial charge in [0.05, 0.1) is 13.0 Å². The average molecular weight is 251 g/mol. The van der Waals surface area contributed by atoms with Gasteiger partial charge in [0.25, 0.3) is 0 Å². The van der Waals surface area contributed by atoms with E-state index < -0.39 is 43.2 Å². The molecule has 8 heteroatoms. The minimum atomic E-state index is -1.46. The quantitative estimate of drug-likeness (QED) is 0.301. The number of carbonyl (C=O) groups is 1. The molecule has 100 valence electrons. The first kappa shape index (κ1) is 14.3. The Labute approximate surface area is 97.4 Å². The lowest BCUT2D eigenvalue weighted by atomic mass is 9.98. The van der Waals surface area contributed by atoms with E-state index in [4.69, 9.17) is 14.9 Å². The van der Waals surface area contributed by atoms with Crippen molar-refractivity contribution in [3.63, 3.8) is 0 Å². The zero-order chi connectivity index (χ0) is 13.0. The van der Waals surface area contributed by atoms with Gasteiger partial charge in [-0.2, -0.15) is 0 Å². The summed E-state index contributed by atoms with van der Waals surface area (Å²) in [6.45, 7) is -0.472. The van der Waals surface area contributed by atoms with Gasteiger partial charge in [-0.3, -0.25) is 10.1 Å². The van der Waals surface area contributed by atoms with Crippen LogP contribution in [0, 0.1) is 0 Å². The van der Waals surface area contributed by atoms with Crippen molar-refractivity contribution in [2.24, 2.45) is 0 Å². The molecule has 0 saturated carbocycles. The van der Waals surface area contributed by atoms with Crippen molar-refractivity contribution >= 4 is 5.97 Å². The van der Waals surface area contributed by atoms with Gasteiger partial charge in [-0.25, -0.2) is 0 Å². The van der Waals surface area contributed by atoms with E-state index in [9.17, 15) is 20.1 Å². The predicted octanol–water partition coefficient (Wildman–Crippen LogP) is -3.15. The normalized spacial score (nSPS) is 38.0. The van der Waals surface area contributed by atoms with Crippen LogP contribution >= 0.6 is 0 Å². The van der Waals surface area contributed by atoms with Crippen molar-refractivity contribution in [2.75, 3.05) is 13.2 Å². The third-order valence-electron chi connectivity index (χ3n) is 2.58. The molecule has 17 heavy (non-hydrogen) atoms. The first-order valence-corrected chi connectivity index (χ1v) is 5.23. The highest BCUT2D eigenvalue weighted by atomic mass is 16.6. The number of carboxylic acid groups (broad SMARTS) is 1. The van der Waals surface area contributed by atoms with Crippen LogP contribution in [-0.2, 0) is 9.53 Å². The molecule has 1 fully saturated rings. The van der Waals surface area contributed by atoms with Crippen molar-refractivity contribution in [2.45, 2.75) is 37.1 Å². The van der Waals surface area contributed by atoms with E-state index in [1.165, 1.54) is 0 Å². The second-order valence-corrected chi connectivity index (χ2v) is 3.85. The van der Waals surface area contributed by atoms with Crippen LogP contribution < -0.4 is 5.32 Å². The SMILES string of the molecule is O=C(O)CCNC1OC(CO)C(O)C(O)C1O. The number of aliphatic hydroxyl groups excluding tert-OH is 4. The van der Waals surface area contributed by atoms with Crippen LogP contribution in [-0.4, -0.2) is 75.3 Å². The van der Waals surface area contributed by atoms with Gasteiger partial charge < -0.3 is 30.3 Å². The molecule has 6 N–H and O–H groups in total. The highest BCUT2D eigenvalue weighted by Crippen LogP contribution is 2.19. The van der Waals surface area contributed by atoms with Crippen molar-refractivity contribution in [3.05, 3.63) is 0 Å². The van der Waals surface area contributed by atoms with Crippen LogP contribution in [0.3, 0.4) is 0 Å². The number of rotatable bonds is 5. The number of hydrogen-bond donors (Lipinski definition) is 6. The standard InChI is InChI=1S/C9H17NO7/c11-3-4-6(14)7(15)8(16)9(17-4)10-2-1-5(12)13/h4,6-11,14-16H,1-3H2,(H,12,13). The van der Waals surface area contributed by atoms with E-state index in [0.29, 0.717) is 0 Å². The fraction of sp³-hybridized carbons (Fsp3) is 0.889. The Hall–Kier alpha value is -0.770. The summed E-state index contributed by atoms with van der Waals surface area (Å²) in [6, 6.07) is 0. The Morgan fingerprint density at radius 1 is 1.18 bits per heavy atom. The van der Waals surface area contributed by atoms with Gasteiger partial charge in [0.15, 0.2) is 0 Å². The molecule has 0 radical (unpaired) electrons. The lowest BCUT2D eigenvalue weighted by Gasteiger charge is -2.40. The summed E-state index contributed by atoms with van der Waals surface area (Å²) in [5, 5.41) is 48.4. The van der Waals surface area contributed by atoms with Crippen molar-refractivity contribution in [3.8, 4) is 0 Å². The van der Waals surface area contributed by atoms with Crippen LogP contribution in [0.5, 0.6) is 0 Å². The van der Waals surface area contributed by atoms with Crippen LogP contribution in [0.4, 0.5) is 0 Å².